The van der Waals surface area contributed by atoms with Crippen molar-refractivity contribution in [3.8, 4) is 0 Å². The zero-order valence-electron chi connectivity index (χ0n) is 18.3. The fourth-order valence-electron chi connectivity index (χ4n) is 3.90. The van der Waals surface area contributed by atoms with Gasteiger partial charge in [-0.05, 0) is 71.1 Å². The third-order valence-electron chi connectivity index (χ3n) is 5.65. The van der Waals surface area contributed by atoms with Crippen LogP contribution in [0, 0.1) is 0 Å². The topological polar surface area (TPSA) is 89.3 Å². The first-order valence-electron chi connectivity index (χ1n) is 10.6. The van der Waals surface area contributed by atoms with Gasteiger partial charge in [-0.1, -0.05) is 48.5 Å². The van der Waals surface area contributed by atoms with E-state index in [-0.39, 0.29) is 5.69 Å². The lowest BCUT2D eigenvalue weighted by atomic mass is 9.93. The molecule has 0 aliphatic rings. The molecule has 4 aromatic carbocycles. The molecule has 3 N–H and O–H groups in total. The molecule has 0 aliphatic carbocycles. The number of benzene rings is 4. The molecule has 0 bridgehead atoms. The van der Waals surface area contributed by atoms with Crippen LogP contribution < -0.4 is 10.5 Å². The molecule has 0 saturated carbocycles. The maximum Gasteiger partial charge on any atom is 0.416 e. The van der Waals surface area contributed by atoms with E-state index in [0.29, 0.717) is 24.5 Å². The van der Waals surface area contributed by atoms with Gasteiger partial charge in [0.2, 0.25) is 5.91 Å². The number of fused-ring (bicyclic) bond motifs is 1. The molecule has 0 heterocycles. The summed E-state index contributed by atoms with van der Waals surface area (Å²) in [5.74, 6) is -0.509. The largest absolute Gasteiger partial charge is 0.416 e. The molecule has 0 spiro atoms. The minimum Gasteiger partial charge on any atom is -0.366 e. The number of hydrogen-bond donors (Lipinski definition) is 2. The highest BCUT2D eigenvalue weighted by atomic mass is 32.2. The molecule has 0 saturated heterocycles. The summed E-state index contributed by atoms with van der Waals surface area (Å²) >= 11 is 0. The quantitative estimate of drug-likeness (QED) is 0.350. The molecule has 4 rings (SSSR count). The normalized spacial score (nSPS) is 12.0. The Bertz CT molecular complexity index is 1500. The van der Waals surface area contributed by atoms with E-state index in [2.05, 4.69) is 4.72 Å². The number of hydrogen-bond acceptors (Lipinski definition) is 3. The van der Waals surface area contributed by atoms with Gasteiger partial charge in [-0.25, -0.2) is 8.42 Å². The van der Waals surface area contributed by atoms with Crippen LogP contribution in [0.25, 0.3) is 10.8 Å². The molecule has 0 aromatic heterocycles. The van der Waals surface area contributed by atoms with E-state index in [1.165, 1.54) is 0 Å². The Morgan fingerprint density at radius 1 is 0.857 bits per heavy atom. The molecular formula is C26H21F3N2O3S. The summed E-state index contributed by atoms with van der Waals surface area (Å²) in [4.78, 5) is 11.5. The average molecular weight is 499 g/mol. The molecule has 4 aromatic rings. The highest BCUT2D eigenvalue weighted by molar-refractivity contribution is 7.92. The molecule has 0 unspecified atom stereocenters. The van der Waals surface area contributed by atoms with Crippen molar-refractivity contribution in [1.29, 1.82) is 0 Å². The maximum atomic E-state index is 12.9. The lowest BCUT2D eigenvalue weighted by Crippen LogP contribution is -2.15. The van der Waals surface area contributed by atoms with E-state index in [1.54, 1.807) is 30.3 Å². The van der Waals surface area contributed by atoms with Gasteiger partial charge in [0, 0.05) is 11.3 Å². The van der Waals surface area contributed by atoms with Crippen molar-refractivity contribution in [3.63, 3.8) is 0 Å². The predicted octanol–water partition coefficient (Wildman–Crippen LogP) is 5.54. The molecule has 0 aliphatic heterocycles. The van der Waals surface area contributed by atoms with Gasteiger partial charge in [-0.3, -0.25) is 9.52 Å². The number of nitrogens with two attached hydrogens (primary N) is 1. The van der Waals surface area contributed by atoms with E-state index in [0.717, 1.165) is 40.1 Å². The molecule has 1 amide bonds. The smallest absolute Gasteiger partial charge is 0.366 e. The Kier molecular flexibility index (Phi) is 6.53. The van der Waals surface area contributed by atoms with E-state index in [1.807, 2.05) is 30.3 Å². The Morgan fingerprint density at radius 3 is 2.26 bits per heavy atom. The van der Waals surface area contributed by atoms with Crippen molar-refractivity contribution in [2.45, 2.75) is 23.9 Å². The van der Waals surface area contributed by atoms with Crippen molar-refractivity contribution < 1.29 is 26.4 Å². The first-order valence-corrected chi connectivity index (χ1v) is 12.1. The van der Waals surface area contributed by atoms with Crippen molar-refractivity contribution >= 4 is 32.4 Å². The summed E-state index contributed by atoms with van der Waals surface area (Å²) in [6.45, 7) is 0. The second-order valence-corrected chi connectivity index (χ2v) is 9.69. The molecule has 0 fully saturated rings. The lowest BCUT2D eigenvalue weighted by molar-refractivity contribution is -0.137. The monoisotopic (exact) mass is 498 g/mol. The van der Waals surface area contributed by atoms with Gasteiger partial charge in [0.1, 0.15) is 0 Å². The Hall–Kier alpha value is -3.85. The number of carbonyl (C=O) groups excluding carboxylic acids is 1. The molecule has 0 radical (unpaired) electrons. The van der Waals surface area contributed by atoms with Gasteiger partial charge >= 0.3 is 6.18 Å². The average Bonchev–Trinajstić information content (AvgIpc) is 2.82. The molecule has 180 valence electrons. The van der Waals surface area contributed by atoms with Crippen LogP contribution in [0.4, 0.5) is 18.9 Å². The number of nitrogens with one attached hydrogen (secondary N) is 1. The van der Waals surface area contributed by atoms with Gasteiger partial charge in [0.15, 0.2) is 0 Å². The number of amides is 1. The summed E-state index contributed by atoms with van der Waals surface area (Å²) in [6.07, 6.45) is -3.55. The van der Waals surface area contributed by atoms with Gasteiger partial charge < -0.3 is 5.73 Å². The van der Waals surface area contributed by atoms with Crippen LogP contribution in [0.1, 0.15) is 27.0 Å². The van der Waals surface area contributed by atoms with Crippen molar-refractivity contribution in [1.82, 2.24) is 0 Å². The van der Waals surface area contributed by atoms with Crippen LogP contribution in [0.2, 0.25) is 0 Å². The van der Waals surface area contributed by atoms with Crippen LogP contribution in [-0.2, 0) is 29.0 Å². The molecule has 5 nitrogen and oxygen atoms in total. The highest BCUT2D eigenvalue weighted by Crippen LogP contribution is 2.31. The number of halogens is 3. The van der Waals surface area contributed by atoms with Crippen molar-refractivity contribution in [2.24, 2.45) is 5.73 Å². The predicted molar refractivity (Wildman–Crippen MR) is 129 cm³/mol. The maximum absolute atomic E-state index is 12.9. The third-order valence-corrected chi connectivity index (χ3v) is 7.03. The summed E-state index contributed by atoms with van der Waals surface area (Å²) < 4.78 is 66.3. The Balaban J connectivity index is 1.51. The summed E-state index contributed by atoms with van der Waals surface area (Å²) in [5.41, 5.74) is 6.92. The number of primary amides is 1. The lowest BCUT2D eigenvalue weighted by Gasteiger charge is -2.13. The number of carbonyl (C=O) groups is 1. The van der Waals surface area contributed by atoms with E-state index >= 15 is 0 Å². The zero-order chi connectivity index (χ0) is 25.2. The summed E-state index contributed by atoms with van der Waals surface area (Å²) in [5, 5.41) is 1.93. The second kappa shape index (κ2) is 9.42. The van der Waals surface area contributed by atoms with Crippen LogP contribution in [0.3, 0.4) is 0 Å². The Labute approximate surface area is 200 Å². The van der Waals surface area contributed by atoms with Crippen LogP contribution >= 0.6 is 0 Å². The van der Waals surface area contributed by atoms with Crippen LogP contribution in [-0.4, -0.2) is 14.3 Å². The first-order chi connectivity index (χ1) is 16.5. The fourth-order valence-corrected chi connectivity index (χ4v) is 5.00. The number of sulfonamides is 1. The number of alkyl halides is 3. The zero-order valence-corrected chi connectivity index (χ0v) is 19.2. The van der Waals surface area contributed by atoms with Crippen LogP contribution in [0.15, 0.2) is 89.8 Å². The standard InChI is InChI=1S/C26H21F3N2O3S/c27-26(28,29)19-5-3-6-21(16-19)35(33,34)31-20-12-8-17(9-13-20)10-14-23-22-7-2-1-4-18(22)11-15-24(23)25(30)32/h1-9,11-13,15-16,31H,10,14H2,(H2,30,32). The van der Waals surface area contributed by atoms with Gasteiger partial charge in [0.05, 0.1) is 10.5 Å². The van der Waals surface area contributed by atoms with E-state index < -0.39 is 32.6 Å². The fraction of sp³-hybridized carbons (Fsp3) is 0.115. The van der Waals surface area contributed by atoms with Gasteiger partial charge in [-0.2, -0.15) is 13.2 Å². The first kappa shape index (κ1) is 24.3. The molecular weight excluding hydrogens is 477 g/mol. The Morgan fingerprint density at radius 2 is 1.57 bits per heavy atom. The number of aryl methyl sites for hydroxylation is 2. The highest BCUT2D eigenvalue weighted by Gasteiger charge is 2.31. The van der Waals surface area contributed by atoms with Crippen molar-refractivity contribution in [3.05, 3.63) is 107 Å². The third kappa shape index (κ3) is 5.46. The van der Waals surface area contributed by atoms with Gasteiger partial charge in [-0.15, -0.1) is 0 Å². The molecule has 0 atom stereocenters. The SMILES string of the molecule is NC(=O)c1ccc2ccccc2c1CCc1ccc(NS(=O)(=O)c2cccc(C(F)(F)F)c2)cc1. The molecule has 35 heavy (non-hydrogen) atoms. The minimum atomic E-state index is -4.65. The number of rotatable bonds is 7. The summed E-state index contributed by atoms with van der Waals surface area (Å²) in [7, 11) is -4.21. The van der Waals surface area contributed by atoms with Crippen molar-refractivity contribution in [2.75, 3.05) is 4.72 Å². The molecule has 9 heteroatoms. The van der Waals surface area contributed by atoms with E-state index in [4.69, 9.17) is 5.73 Å². The summed E-state index contributed by atoms with van der Waals surface area (Å²) in [6, 6.07) is 21.3. The number of anilines is 1. The minimum absolute atomic E-state index is 0.217. The second-order valence-electron chi connectivity index (χ2n) is 8.01. The van der Waals surface area contributed by atoms with Crippen LogP contribution in [0.5, 0.6) is 0 Å². The van der Waals surface area contributed by atoms with E-state index in [9.17, 15) is 26.4 Å². The van der Waals surface area contributed by atoms with Gasteiger partial charge in [0.25, 0.3) is 10.0 Å².